The van der Waals surface area contributed by atoms with E-state index in [4.69, 9.17) is 0 Å². The normalized spacial score (nSPS) is 16.2. The molecular weight excluding hydrogens is 418 g/mol. The molecule has 1 aliphatic rings. The van der Waals surface area contributed by atoms with E-state index in [1.807, 2.05) is 0 Å². The molecule has 0 aliphatic carbocycles. The standard InChI is InChI=1S/C20H15F4N5O2/c1-11-10-28(15-4-2-12(3-5-15)20(22,23)24)19(31)17-16(9-26-29(11)17)18(30)27-14-6-13(21)7-25-8-14/h2-9,11H,10H2,1H3,(H,27,30)/t11-/m0/s1. The third kappa shape index (κ3) is 3.86. The van der Waals surface area contributed by atoms with Gasteiger partial charge in [0.15, 0.2) is 0 Å². The van der Waals surface area contributed by atoms with Crippen LogP contribution in [0.25, 0.3) is 0 Å². The van der Waals surface area contributed by atoms with Crippen LogP contribution < -0.4 is 10.2 Å². The predicted molar refractivity (Wildman–Crippen MR) is 102 cm³/mol. The zero-order valence-corrected chi connectivity index (χ0v) is 16.0. The largest absolute Gasteiger partial charge is 0.416 e. The molecule has 0 fully saturated rings. The summed E-state index contributed by atoms with van der Waals surface area (Å²) in [6.07, 6.45) is -1.05. The van der Waals surface area contributed by atoms with E-state index in [1.54, 1.807) is 6.92 Å². The molecule has 1 N–H and O–H groups in total. The molecule has 1 aromatic carbocycles. The van der Waals surface area contributed by atoms with Crippen molar-refractivity contribution in [2.45, 2.75) is 19.1 Å². The van der Waals surface area contributed by atoms with Crippen molar-refractivity contribution in [3.8, 4) is 0 Å². The summed E-state index contributed by atoms with van der Waals surface area (Å²) in [4.78, 5) is 30.8. The number of anilines is 2. The van der Waals surface area contributed by atoms with Crippen LogP contribution >= 0.6 is 0 Å². The van der Waals surface area contributed by atoms with Gasteiger partial charge < -0.3 is 10.2 Å². The van der Waals surface area contributed by atoms with E-state index < -0.39 is 29.4 Å². The quantitative estimate of drug-likeness (QED) is 0.636. The number of aromatic nitrogens is 3. The Labute approximate surface area is 173 Å². The maximum Gasteiger partial charge on any atom is 0.416 e. The van der Waals surface area contributed by atoms with E-state index in [-0.39, 0.29) is 35.2 Å². The first-order valence-corrected chi connectivity index (χ1v) is 9.13. The number of carbonyl (C=O) groups excluding carboxylic acids is 2. The molecule has 3 heterocycles. The predicted octanol–water partition coefficient (Wildman–Crippen LogP) is 3.91. The molecule has 11 heteroatoms. The fourth-order valence-corrected chi connectivity index (χ4v) is 3.36. The SMILES string of the molecule is C[C@H]1CN(c2ccc(C(F)(F)F)cc2)C(=O)c2c(C(=O)Nc3cncc(F)c3)cnn21. The fraction of sp³-hybridized carbons (Fsp3) is 0.200. The number of hydrogen-bond acceptors (Lipinski definition) is 4. The second-order valence-corrected chi connectivity index (χ2v) is 7.01. The Morgan fingerprint density at radius 3 is 2.52 bits per heavy atom. The van der Waals surface area contributed by atoms with Gasteiger partial charge in [-0.25, -0.2) is 4.39 Å². The molecule has 0 radical (unpaired) electrons. The van der Waals surface area contributed by atoms with Crippen LogP contribution in [0.2, 0.25) is 0 Å². The summed E-state index contributed by atoms with van der Waals surface area (Å²) in [6, 6.07) is 4.93. The molecule has 2 aromatic heterocycles. The third-order valence-corrected chi connectivity index (χ3v) is 4.82. The van der Waals surface area contributed by atoms with Gasteiger partial charge in [0.25, 0.3) is 11.8 Å². The number of alkyl halides is 3. The van der Waals surface area contributed by atoms with Crippen molar-refractivity contribution in [1.82, 2.24) is 14.8 Å². The van der Waals surface area contributed by atoms with Gasteiger partial charge >= 0.3 is 6.18 Å². The van der Waals surface area contributed by atoms with Gasteiger partial charge in [0, 0.05) is 18.3 Å². The third-order valence-electron chi connectivity index (χ3n) is 4.82. The molecule has 3 aromatic rings. The van der Waals surface area contributed by atoms with Gasteiger partial charge in [0.2, 0.25) is 0 Å². The first-order chi connectivity index (χ1) is 14.6. The van der Waals surface area contributed by atoms with Crippen molar-refractivity contribution in [2.24, 2.45) is 0 Å². The lowest BCUT2D eigenvalue weighted by atomic mass is 10.1. The Kier molecular flexibility index (Phi) is 4.96. The molecule has 7 nitrogen and oxygen atoms in total. The van der Waals surface area contributed by atoms with E-state index >= 15 is 0 Å². The van der Waals surface area contributed by atoms with Gasteiger partial charge in [-0.15, -0.1) is 0 Å². The highest BCUT2D eigenvalue weighted by Gasteiger charge is 2.36. The van der Waals surface area contributed by atoms with Crippen molar-refractivity contribution in [3.63, 3.8) is 0 Å². The average molecular weight is 433 g/mol. The molecule has 2 amide bonds. The number of carbonyl (C=O) groups is 2. The molecule has 0 spiro atoms. The van der Waals surface area contributed by atoms with Crippen molar-refractivity contribution in [2.75, 3.05) is 16.8 Å². The maximum atomic E-state index is 13.3. The van der Waals surface area contributed by atoms with Crippen LogP contribution in [0.15, 0.2) is 48.9 Å². The number of nitrogens with zero attached hydrogens (tertiary/aromatic N) is 4. The van der Waals surface area contributed by atoms with Crippen LogP contribution in [0.5, 0.6) is 0 Å². The van der Waals surface area contributed by atoms with Crippen LogP contribution in [0.4, 0.5) is 28.9 Å². The second-order valence-electron chi connectivity index (χ2n) is 7.01. The molecule has 0 saturated heterocycles. The van der Waals surface area contributed by atoms with E-state index in [2.05, 4.69) is 15.4 Å². The van der Waals surface area contributed by atoms with Gasteiger partial charge in [-0.3, -0.25) is 19.3 Å². The van der Waals surface area contributed by atoms with Gasteiger partial charge in [-0.05, 0) is 31.2 Å². The van der Waals surface area contributed by atoms with Gasteiger partial charge in [-0.2, -0.15) is 18.3 Å². The number of nitrogens with one attached hydrogen (secondary N) is 1. The first-order valence-electron chi connectivity index (χ1n) is 9.13. The number of hydrogen-bond donors (Lipinski definition) is 1. The van der Waals surface area contributed by atoms with Crippen LogP contribution in [-0.4, -0.2) is 33.1 Å². The average Bonchev–Trinajstić information content (AvgIpc) is 3.16. The van der Waals surface area contributed by atoms with Gasteiger partial charge in [0.1, 0.15) is 11.5 Å². The molecule has 1 aliphatic heterocycles. The second kappa shape index (κ2) is 7.49. The lowest BCUT2D eigenvalue weighted by Gasteiger charge is -2.32. The van der Waals surface area contributed by atoms with Crippen LogP contribution in [0.1, 0.15) is 39.4 Å². The summed E-state index contributed by atoms with van der Waals surface area (Å²) in [6.45, 7) is 1.92. The van der Waals surface area contributed by atoms with Gasteiger partial charge in [0.05, 0.1) is 41.4 Å². The van der Waals surface area contributed by atoms with E-state index in [9.17, 15) is 27.2 Å². The molecule has 4 rings (SSSR count). The number of fused-ring (bicyclic) bond motifs is 1. The number of pyridine rings is 1. The van der Waals surface area contributed by atoms with Crippen LogP contribution in [0, 0.1) is 5.82 Å². The lowest BCUT2D eigenvalue weighted by Crippen LogP contribution is -2.43. The van der Waals surface area contributed by atoms with Crippen LogP contribution in [-0.2, 0) is 6.18 Å². The minimum atomic E-state index is -4.49. The highest BCUT2D eigenvalue weighted by atomic mass is 19.4. The Morgan fingerprint density at radius 1 is 1.16 bits per heavy atom. The smallest absolute Gasteiger partial charge is 0.320 e. The molecular formula is C20H15F4N5O2. The fourth-order valence-electron chi connectivity index (χ4n) is 3.36. The summed E-state index contributed by atoms with van der Waals surface area (Å²) >= 11 is 0. The highest BCUT2D eigenvalue weighted by Crippen LogP contribution is 2.33. The van der Waals surface area contributed by atoms with Crippen molar-refractivity contribution < 1.29 is 27.2 Å². The summed E-state index contributed by atoms with van der Waals surface area (Å²) in [5.74, 6) is -1.92. The number of rotatable bonds is 3. The molecule has 0 unspecified atom stereocenters. The zero-order chi connectivity index (χ0) is 22.3. The number of amides is 2. The molecule has 1 atom stereocenters. The molecule has 31 heavy (non-hydrogen) atoms. The van der Waals surface area contributed by atoms with Crippen molar-refractivity contribution in [1.29, 1.82) is 0 Å². The monoisotopic (exact) mass is 433 g/mol. The molecule has 0 saturated carbocycles. The molecule has 0 bridgehead atoms. The maximum absolute atomic E-state index is 13.3. The summed E-state index contributed by atoms with van der Waals surface area (Å²) in [7, 11) is 0. The Balaban J connectivity index is 1.65. The minimum absolute atomic E-state index is 0.0134. The number of halogens is 4. The van der Waals surface area contributed by atoms with E-state index in [0.29, 0.717) is 0 Å². The number of benzene rings is 1. The topological polar surface area (TPSA) is 80.1 Å². The Morgan fingerprint density at radius 2 is 1.87 bits per heavy atom. The van der Waals surface area contributed by atoms with Crippen molar-refractivity contribution >= 4 is 23.2 Å². The van der Waals surface area contributed by atoms with Crippen molar-refractivity contribution in [3.05, 3.63) is 71.6 Å². The minimum Gasteiger partial charge on any atom is -0.320 e. The summed E-state index contributed by atoms with van der Waals surface area (Å²) < 4.78 is 53.2. The van der Waals surface area contributed by atoms with E-state index in [0.717, 1.165) is 24.4 Å². The zero-order valence-electron chi connectivity index (χ0n) is 16.0. The van der Waals surface area contributed by atoms with E-state index in [1.165, 1.54) is 34.1 Å². The Hall–Kier alpha value is -3.76. The van der Waals surface area contributed by atoms with Gasteiger partial charge in [-0.1, -0.05) is 0 Å². The summed E-state index contributed by atoms with van der Waals surface area (Å²) in [5, 5.41) is 6.57. The Bertz CT molecular complexity index is 1160. The van der Waals surface area contributed by atoms with Crippen LogP contribution in [0.3, 0.4) is 0 Å². The lowest BCUT2D eigenvalue weighted by molar-refractivity contribution is -0.137. The summed E-state index contributed by atoms with van der Waals surface area (Å²) in [5.41, 5.74) is -0.528. The first kappa shape index (κ1) is 20.5. The highest BCUT2D eigenvalue weighted by molar-refractivity contribution is 6.15. The molecule has 160 valence electrons.